The fourth-order valence-electron chi connectivity index (χ4n) is 6.19. The summed E-state index contributed by atoms with van der Waals surface area (Å²) in [7, 11) is 0. The number of rotatable bonds is 5. The van der Waals surface area contributed by atoms with Crippen molar-refractivity contribution in [1.82, 2.24) is 15.3 Å². The zero-order valence-electron chi connectivity index (χ0n) is 20.5. The molecule has 2 heterocycles. The molecule has 1 fully saturated rings. The van der Waals surface area contributed by atoms with Crippen LogP contribution in [0.4, 0.5) is 0 Å². The number of nitrogens with zero attached hydrogens (tertiary/aromatic N) is 1. The van der Waals surface area contributed by atoms with Crippen molar-refractivity contribution in [3.05, 3.63) is 99.8 Å². The van der Waals surface area contributed by atoms with Gasteiger partial charge in [0, 0.05) is 27.6 Å². The fourth-order valence-corrected chi connectivity index (χ4v) is 6.46. The van der Waals surface area contributed by atoms with Crippen molar-refractivity contribution in [3.63, 3.8) is 0 Å². The second-order valence-corrected chi connectivity index (χ2v) is 11.3. The molecule has 6 rings (SSSR count). The number of halogens is 1. The van der Waals surface area contributed by atoms with Gasteiger partial charge in [0.2, 0.25) is 5.78 Å². The Balaban J connectivity index is 1.57. The number of aromatic nitrogens is 2. The molecule has 1 aliphatic carbocycles. The third-order valence-corrected chi connectivity index (χ3v) is 8.22. The standard InChI is InChI=1S/C30H26BrN3O3/c1-16(2)15-23-24(17-11-13-18(31)14-12-17)25(26(35)29-32-21-9-5-6-10-22(21)33-29)30(34-23)27(36)19-7-3-4-8-20(19)28(30)37/h3-14,16,23-25,34H,15H2,1-2H3,(H,32,33). The number of imidazole rings is 1. The average Bonchev–Trinajstić information content (AvgIpc) is 3.53. The van der Waals surface area contributed by atoms with Gasteiger partial charge in [-0.3, -0.25) is 19.7 Å². The number of hydrogen-bond acceptors (Lipinski definition) is 5. The number of nitrogens with one attached hydrogen (secondary N) is 2. The maximum absolute atomic E-state index is 14.5. The van der Waals surface area contributed by atoms with Crippen molar-refractivity contribution in [2.24, 2.45) is 11.8 Å². The predicted molar refractivity (Wildman–Crippen MR) is 145 cm³/mol. The van der Waals surface area contributed by atoms with E-state index < -0.39 is 17.4 Å². The number of Topliss-reactive ketones (excluding diaryl/α,β-unsaturated/α-hetero) is 3. The number of carbonyl (C=O) groups excluding carboxylic acids is 3. The number of fused-ring (bicyclic) bond motifs is 2. The lowest BCUT2D eigenvalue weighted by atomic mass is 9.70. The van der Waals surface area contributed by atoms with Crippen molar-refractivity contribution < 1.29 is 14.4 Å². The molecule has 3 aromatic carbocycles. The summed E-state index contributed by atoms with van der Waals surface area (Å²) in [5, 5.41) is 3.47. The molecular formula is C30H26BrN3O3. The molecular weight excluding hydrogens is 530 g/mol. The third kappa shape index (κ3) is 3.63. The first-order chi connectivity index (χ1) is 17.8. The zero-order chi connectivity index (χ0) is 25.9. The van der Waals surface area contributed by atoms with Crippen molar-refractivity contribution in [2.45, 2.75) is 37.8 Å². The summed E-state index contributed by atoms with van der Waals surface area (Å²) >= 11 is 3.50. The molecule has 7 heteroatoms. The lowest BCUT2D eigenvalue weighted by molar-refractivity contribution is 0.0652. The molecule has 4 aromatic rings. The van der Waals surface area contributed by atoms with E-state index in [-0.39, 0.29) is 35.1 Å². The van der Waals surface area contributed by atoms with E-state index in [1.165, 1.54) is 0 Å². The van der Waals surface area contributed by atoms with Crippen LogP contribution in [0.2, 0.25) is 0 Å². The topological polar surface area (TPSA) is 91.9 Å². The van der Waals surface area contributed by atoms with Crippen LogP contribution in [-0.2, 0) is 0 Å². The number of carbonyl (C=O) groups is 3. The van der Waals surface area contributed by atoms with E-state index in [0.717, 1.165) is 15.6 Å². The molecule has 3 unspecified atom stereocenters. The predicted octanol–water partition coefficient (Wildman–Crippen LogP) is 5.74. The molecule has 1 saturated heterocycles. The van der Waals surface area contributed by atoms with Crippen LogP contribution < -0.4 is 5.32 Å². The summed E-state index contributed by atoms with van der Waals surface area (Å²) in [6, 6.07) is 21.8. The van der Waals surface area contributed by atoms with E-state index in [0.29, 0.717) is 23.1 Å². The van der Waals surface area contributed by atoms with Crippen LogP contribution in [0.1, 0.15) is 63.1 Å². The van der Waals surface area contributed by atoms with E-state index in [9.17, 15) is 14.4 Å². The summed E-state index contributed by atoms with van der Waals surface area (Å²) in [6.07, 6.45) is 0.698. The van der Waals surface area contributed by atoms with Gasteiger partial charge in [0.05, 0.1) is 17.0 Å². The number of aromatic amines is 1. The van der Waals surface area contributed by atoms with Gasteiger partial charge in [0.25, 0.3) is 0 Å². The van der Waals surface area contributed by atoms with Gasteiger partial charge in [-0.05, 0) is 42.2 Å². The van der Waals surface area contributed by atoms with Gasteiger partial charge in [-0.2, -0.15) is 0 Å². The molecule has 0 bridgehead atoms. The van der Waals surface area contributed by atoms with Crippen LogP contribution in [0.15, 0.2) is 77.3 Å². The van der Waals surface area contributed by atoms with E-state index in [1.54, 1.807) is 24.3 Å². The maximum Gasteiger partial charge on any atom is 0.204 e. The summed E-state index contributed by atoms with van der Waals surface area (Å²) in [6.45, 7) is 4.21. The van der Waals surface area contributed by atoms with Crippen molar-refractivity contribution >= 4 is 44.3 Å². The van der Waals surface area contributed by atoms with Gasteiger partial charge < -0.3 is 4.98 Å². The maximum atomic E-state index is 14.5. The molecule has 0 amide bonds. The van der Waals surface area contributed by atoms with Gasteiger partial charge in [-0.25, -0.2) is 4.98 Å². The Morgan fingerprint density at radius 3 is 2.19 bits per heavy atom. The Morgan fingerprint density at radius 2 is 1.57 bits per heavy atom. The van der Waals surface area contributed by atoms with Crippen LogP contribution in [0.5, 0.6) is 0 Å². The minimum absolute atomic E-state index is 0.163. The SMILES string of the molecule is CC(C)CC1NC2(C(=O)c3ccccc3C2=O)C(C(=O)c2nc3ccccc3[nH]2)C1c1ccc(Br)cc1. The highest BCUT2D eigenvalue weighted by atomic mass is 79.9. The first-order valence-corrected chi connectivity index (χ1v) is 13.3. The average molecular weight is 556 g/mol. The Bertz CT molecular complexity index is 1490. The smallest absolute Gasteiger partial charge is 0.204 e. The van der Waals surface area contributed by atoms with Crippen LogP contribution in [0.3, 0.4) is 0 Å². The number of ketones is 3. The van der Waals surface area contributed by atoms with Crippen LogP contribution >= 0.6 is 15.9 Å². The monoisotopic (exact) mass is 555 g/mol. The minimum Gasteiger partial charge on any atom is -0.335 e. The molecule has 1 aliphatic heterocycles. The molecule has 186 valence electrons. The van der Waals surface area contributed by atoms with Crippen molar-refractivity contribution in [2.75, 3.05) is 0 Å². The van der Waals surface area contributed by atoms with E-state index >= 15 is 0 Å². The van der Waals surface area contributed by atoms with Gasteiger partial charge in [-0.15, -0.1) is 0 Å². The third-order valence-electron chi connectivity index (χ3n) is 7.69. The highest BCUT2D eigenvalue weighted by Gasteiger charge is 2.67. The number of H-pyrrole nitrogens is 1. The molecule has 1 spiro atoms. The van der Waals surface area contributed by atoms with Gasteiger partial charge in [0.15, 0.2) is 22.9 Å². The largest absolute Gasteiger partial charge is 0.335 e. The Morgan fingerprint density at radius 1 is 0.946 bits per heavy atom. The molecule has 0 radical (unpaired) electrons. The van der Waals surface area contributed by atoms with Gasteiger partial charge in [-0.1, -0.05) is 78.3 Å². The number of benzene rings is 3. The van der Waals surface area contributed by atoms with Crippen molar-refractivity contribution in [1.29, 1.82) is 0 Å². The molecule has 2 aliphatic rings. The van der Waals surface area contributed by atoms with Gasteiger partial charge in [0.1, 0.15) is 0 Å². The first-order valence-electron chi connectivity index (χ1n) is 12.5. The quantitative estimate of drug-likeness (QED) is 0.242. The lowest BCUT2D eigenvalue weighted by Gasteiger charge is -2.29. The van der Waals surface area contributed by atoms with Crippen LogP contribution in [-0.4, -0.2) is 38.9 Å². The normalized spacial score (nSPS) is 22.3. The van der Waals surface area contributed by atoms with E-state index in [1.807, 2.05) is 48.5 Å². The Hall–Kier alpha value is -3.42. The Labute approximate surface area is 223 Å². The highest BCUT2D eigenvalue weighted by Crippen LogP contribution is 2.51. The lowest BCUT2D eigenvalue weighted by Crippen LogP contribution is -2.58. The number of hydrogen-bond donors (Lipinski definition) is 2. The van der Waals surface area contributed by atoms with Crippen LogP contribution in [0.25, 0.3) is 11.0 Å². The molecule has 0 saturated carbocycles. The van der Waals surface area contributed by atoms with Gasteiger partial charge >= 0.3 is 0 Å². The van der Waals surface area contributed by atoms with E-state index in [2.05, 4.69) is 45.1 Å². The second-order valence-electron chi connectivity index (χ2n) is 10.4. The molecule has 1 aromatic heterocycles. The number of para-hydroxylation sites is 2. The molecule has 2 N–H and O–H groups in total. The minimum atomic E-state index is -1.68. The summed E-state index contributed by atoms with van der Waals surface area (Å²) in [5.41, 5.74) is 1.35. The first kappa shape index (κ1) is 23.9. The zero-order valence-corrected chi connectivity index (χ0v) is 22.1. The summed E-state index contributed by atoms with van der Waals surface area (Å²) in [5.74, 6) is -1.94. The fraction of sp³-hybridized carbons (Fsp3) is 0.267. The highest BCUT2D eigenvalue weighted by molar-refractivity contribution is 9.10. The molecule has 3 atom stereocenters. The van der Waals surface area contributed by atoms with Crippen molar-refractivity contribution in [3.8, 4) is 0 Å². The summed E-state index contributed by atoms with van der Waals surface area (Å²) < 4.78 is 0.915. The van der Waals surface area contributed by atoms with Crippen LogP contribution in [0, 0.1) is 11.8 Å². The van der Waals surface area contributed by atoms with E-state index in [4.69, 9.17) is 0 Å². The Kier molecular flexibility index (Phi) is 5.73. The second kappa shape index (κ2) is 8.85. The summed E-state index contributed by atoms with van der Waals surface area (Å²) in [4.78, 5) is 50.5. The molecule has 37 heavy (non-hydrogen) atoms. The molecule has 6 nitrogen and oxygen atoms in total.